The Hall–Kier alpha value is -0.0500. The van der Waals surface area contributed by atoms with E-state index < -0.39 is 0 Å². The molecule has 0 unspecified atom stereocenters. The fourth-order valence-corrected chi connectivity index (χ4v) is 5.66. The molecule has 0 aromatic carbocycles. The van der Waals surface area contributed by atoms with Gasteiger partial charge in [0.2, 0.25) is 5.91 Å². The van der Waals surface area contributed by atoms with Gasteiger partial charge < -0.3 is 5.32 Å². The van der Waals surface area contributed by atoms with Gasteiger partial charge in [-0.25, -0.2) is 0 Å². The highest BCUT2D eigenvalue weighted by atomic mass is 79.9. The molecule has 0 spiro atoms. The molecule has 0 atom stereocenters. The molecular formula is C16H26BrNO. The fraction of sp³-hybridized carbons (Fsp3) is 0.938. The lowest BCUT2D eigenvalue weighted by Gasteiger charge is -2.56. The van der Waals surface area contributed by atoms with Gasteiger partial charge in [-0.3, -0.25) is 4.79 Å². The molecule has 4 saturated carbocycles. The lowest BCUT2D eigenvalue weighted by molar-refractivity contribution is -0.123. The summed E-state index contributed by atoms with van der Waals surface area (Å²) in [4.78, 5) is 11.9. The normalized spacial score (nSPS) is 39.5. The number of alkyl halides is 1. The summed E-state index contributed by atoms with van der Waals surface area (Å²) in [6, 6.07) is 0. The van der Waals surface area contributed by atoms with Crippen molar-refractivity contribution in [2.75, 3.05) is 11.9 Å². The van der Waals surface area contributed by atoms with Gasteiger partial charge in [-0.05, 0) is 74.5 Å². The molecule has 1 amide bonds. The summed E-state index contributed by atoms with van der Waals surface area (Å²) in [5.41, 5.74) is 0.486. The molecule has 4 fully saturated rings. The molecule has 4 aliphatic carbocycles. The third-order valence-electron chi connectivity index (χ3n) is 5.61. The molecular weight excluding hydrogens is 302 g/mol. The Kier molecular flexibility index (Phi) is 4.21. The molecule has 4 rings (SSSR count). The van der Waals surface area contributed by atoms with E-state index in [0.717, 1.165) is 42.5 Å². The van der Waals surface area contributed by atoms with Crippen LogP contribution in [0, 0.1) is 23.2 Å². The van der Waals surface area contributed by atoms with E-state index in [-0.39, 0.29) is 5.91 Å². The number of rotatable bonds is 6. The van der Waals surface area contributed by atoms with Crippen LogP contribution < -0.4 is 5.32 Å². The quantitative estimate of drug-likeness (QED) is 0.582. The Morgan fingerprint density at radius 3 is 2.16 bits per heavy atom. The van der Waals surface area contributed by atoms with Gasteiger partial charge >= 0.3 is 0 Å². The highest BCUT2D eigenvalue weighted by molar-refractivity contribution is 9.09. The van der Waals surface area contributed by atoms with Gasteiger partial charge in [0.1, 0.15) is 0 Å². The molecule has 2 nitrogen and oxygen atoms in total. The first-order chi connectivity index (χ1) is 9.19. The Morgan fingerprint density at radius 1 is 1.05 bits per heavy atom. The molecule has 19 heavy (non-hydrogen) atoms. The topological polar surface area (TPSA) is 29.1 Å². The third-order valence-corrected chi connectivity index (χ3v) is 6.17. The van der Waals surface area contributed by atoms with Crippen LogP contribution in [-0.2, 0) is 4.79 Å². The minimum atomic E-state index is 0.275. The number of carbonyl (C=O) groups excluding carboxylic acids is 1. The summed E-state index contributed by atoms with van der Waals surface area (Å²) in [6.45, 7) is 0.962. The van der Waals surface area contributed by atoms with E-state index in [1.54, 1.807) is 0 Å². The minimum absolute atomic E-state index is 0.275. The van der Waals surface area contributed by atoms with Crippen molar-refractivity contribution in [1.82, 2.24) is 5.32 Å². The highest BCUT2D eigenvalue weighted by Crippen LogP contribution is 2.59. The summed E-state index contributed by atoms with van der Waals surface area (Å²) in [7, 11) is 0. The Labute approximate surface area is 125 Å². The van der Waals surface area contributed by atoms with Crippen molar-refractivity contribution < 1.29 is 4.79 Å². The van der Waals surface area contributed by atoms with Crippen molar-refractivity contribution in [1.29, 1.82) is 0 Å². The average Bonchev–Trinajstić information content (AvgIpc) is 2.35. The van der Waals surface area contributed by atoms with Crippen molar-refractivity contribution in [2.45, 2.75) is 57.8 Å². The van der Waals surface area contributed by atoms with E-state index in [0.29, 0.717) is 11.8 Å². The molecule has 4 bridgehead atoms. The lowest BCUT2D eigenvalue weighted by Crippen LogP contribution is -2.51. The monoisotopic (exact) mass is 327 g/mol. The van der Waals surface area contributed by atoms with Crippen molar-refractivity contribution in [2.24, 2.45) is 23.2 Å². The number of hydrogen-bond acceptors (Lipinski definition) is 1. The summed E-state index contributed by atoms with van der Waals surface area (Å²) >= 11 is 3.41. The molecule has 0 aromatic rings. The summed E-state index contributed by atoms with van der Waals surface area (Å²) in [6.07, 6.45) is 11.4. The van der Waals surface area contributed by atoms with Crippen LogP contribution in [0.5, 0.6) is 0 Å². The SMILES string of the molecule is O=C(CCCCBr)NCC12CC3CC(CC(C3)C1)C2. The zero-order valence-electron chi connectivity index (χ0n) is 11.8. The van der Waals surface area contributed by atoms with Crippen molar-refractivity contribution in [3.63, 3.8) is 0 Å². The van der Waals surface area contributed by atoms with Gasteiger partial charge in [-0.15, -0.1) is 0 Å². The largest absolute Gasteiger partial charge is 0.356 e. The van der Waals surface area contributed by atoms with Crippen LogP contribution in [0.15, 0.2) is 0 Å². The van der Waals surface area contributed by atoms with Gasteiger partial charge in [0.15, 0.2) is 0 Å². The van der Waals surface area contributed by atoms with Crippen LogP contribution in [0.3, 0.4) is 0 Å². The zero-order valence-corrected chi connectivity index (χ0v) is 13.4. The van der Waals surface area contributed by atoms with Crippen molar-refractivity contribution in [3.05, 3.63) is 0 Å². The second-order valence-electron chi connectivity index (χ2n) is 7.34. The molecule has 108 valence electrons. The predicted octanol–water partition coefficient (Wildman–Crippen LogP) is 3.88. The zero-order chi connectivity index (χ0) is 13.3. The second-order valence-corrected chi connectivity index (χ2v) is 8.13. The number of carbonyl (C=O) groups is 1. The second kappa shape index (κ2) is 5.75. The van der Waals surface area contributed by atoms with Gasteiger partial charge in [0.25, 0.3) is 0 Å². The van der Waals surface area contributed by atoms with E-state index in [1.165, 1.54) is 38.5 Å². The smallest absolute Gasteiger partial charge is 0.220 e. The average molecular weight is 328 g/mol. The summed E-state index contributed by atoms with van der Waals surface area (Å²) < 4.78 is 0. The lowest BCUT2D eigenvalue weighted by atomic mass is 9.49. The summed E-state index contributed by atoms with van der Waals surface area (Å²) in [5.74, 6) is 3.22. The molecule has 4 aliphatic rings. The number of unbranched alkanes of at least 4 members (excludes halogenated alkanes) is 1. The highest BCUT2D eigenvalue weighted by Gasteiger charge is 2.50. The van der Waals surface area contributed by atoms with Gasteiger partial charge in [-0.1, -0.05) is 15.9 Å². The molecule has 0 saturated heterocycles. The van der Waals surface area contributed by atoms with Crippen LogP contribution in [0.25, 0.3) is 0 Å². The molecule has 3 heteroatoms. The molecule has 0 aromatic heterocycles. The predicted molar refractivity (Wildman–Crippen MR) is 81.3 cm³/mol. The van der Waals surface area contributed by atoms with Crippen LogP contribution in [0.4, 0.5) is 0 Å². The molecule has 0 heterocycles. The standard InChI is InChI=1S/C16H26BrNO/c17-4-2-1-3-15(19)18-11-16-8-12-5-13(9-16)7-14(6-12)10-16/h12-14H,1-11H2,(H,18,19). The first-order valence-corrected chi connectivity index (χ1v) is 9.14. The number of amides is 1. The van der Waals surface area contributed by atoms with E-state index in [1.807, 2.05) is 0 Å². The summed E-state index contributed by atoms with van der Waals surface area (Å²) in [5, 5.41) is 4.25. The number of hydrogen-bond donors (Lipinski definition) is 1. The Morgan fingerprint density at radius 2 is 1.63 bits per heavy atom. The van der Waals surface area contributed by atoms with Crippen molar-refractivity contribution >= 4 is 21.8 Å². The Balaban J connectivity index is 1.48. The van der Waals surface area contributed by atoms with Crippen molar-refractivity contribution in [3.8, 4) is 0 Å². The minimum Gasteiger partial charge on any atom is -0.356 e. The van der Waals surface area contributed by atoms with E-state index >= 15 is 0 Å². The maximum Gasteiger partial charge on any atom is 0.220 e. The first-order valence-electron chi connectivity index (χ1n) is 8.02. The van der Waals surface area contributed by atoms with E-state index in [2.05, 4.69) is 21.2 Å². The number of halogens is 1. The molecule has 0 radical (unpaired) electrons. The molecule has 0 aliphatic heterocycles. The van der Waals surface area contributed by atoms with Gasteiger partial charge in [0, 0.05) is 18.3 Å². The Bertz CT molecular complexity index is 306. The maximum atomic E-state index is 11.9. The third kappa shape index (κ3) is 3.17. The van der Waals surface area contributed by atoms with Crippen LogP contribution in [-0.4, -0.2) is 17.8 Å². The van der Waals surface area contributed by atoms with E-state index in [9.17, 15) is 4.79 Å². The fourth-order valence-electron chi connectivity index (χ4n) is 5.26. The van der Waals surface area contributed by atoms with Gasteiger partial charge in [-0.2, -0.15) is 0 Å². The van der Waals surface area contributed by atoms with E-state index in [4.69, 9.17) is 0 Å². The molecule has 1 N–H and O–H groups in total. The van der Waals surface area contributed by atoms with Crippen LogP contribution in [0.2, 0.25) is 0 Å². The first kappa shape index (κ1) is 13.9. The van der Waals surface area contributed by atoms with Crippen LogP contribution >= 0.6 is 15.9 Å². The maximum absolute atomic E-state index is 11.9. The van der Waals surface area contributed by atoms with Crippen LogP contribution in [0.1, 0.15) is 57.8 Å². The van der Waals surface area contributed by atoms with Gasteiger partial charge in [0.05, 0.1) is 0 Å². The number of nitrogens with one attached hydrogen (secondary N) is 1.